The minimum Gasteiger partial charge on any atom is -0.397 e. The Morgan fingerprint density at radius 1 is 1.26 bits per heavy atom. The van der Waals surface area contributed by atoms with E-state index >= 15 is 0 Å². The summed E-state index contributed by atoms with van der Waals surface area (Å²) >= 11 is 6.20. The maximum absolute atomic E-state index is 11.4. The van der Waals surface area contributed by atoms with E-state index in [9.17, 15) is 4.79 Å². The molecule has 4 N–H and O–H groups in total. The second-order valence-corrected chi connectivity index (χ2v) is 6.03. The lowest BCUT2D eigenvalue weighted by Crippen LogP contribution is -2.28. The summed E-state index contributed by atoms with van der Waals surface area (Å²) in [6, 6.07) is 11.6. The highest BCUT2D eigenvalue weighted by atomic mass is 35.5. The Labute approximate surface area is 140 Å². The number of amides is 1. The molecule has 0 aliphatic carbocycles. The number of likely N-dealkylation sites (N-methyl/N-ethyl adjacent to an activating group) is 1. The molecule has 3 rings (SSSR count). The van der Waals surface area contributed by atoms with Crippen molar-refractivity contribution in [3.63, 3.8) is 0 Å². The molecule has 120 valence electrons. The Hall–Kier alpha value is -2.40. The lowest BCUT2D eigenvalue weighted by atomic mass is 10.1. The summed E-state index contributed by atoms with van der Waals surface area (Å²) in [6.45, 7) is 1.07. The van der Waals surface area contributed by atoms with Crippen molar-refractivity contribution in [2.45, 2.75) is 6.42 Å². The van der Waals surface area contributed by atoms with Gasteiger partial charge >= 0.3 is 0 Å². The SMILES string of the molecule is CN(CCc1ccccc1Cl)c1cc2c(cc1N)NC(=O)CN2. The minimum atomic E-state index is -0.0586. The van der Waals surface area contributed by atoms with Crippen LogP contribution in [0.3, 0.4) is 0 Å². The molecule has 1 heterocycles. The van der Waals surface area contributed by atoms with Crippen molar-refractivity contribution < 1.29 is 4.79 Å². The molecule has 0 radical (unpaired) electrons. The quantitative estimate of drug-likeness (QED) is 0.754. The number of carbonyl (C=O) groups excluding carboxylic acids is 1. The molecule has 0 bridgehead atoms. The molecular weight excluding hydrogens is 312 g/mol. The van der Waals surface area contributed by atoms with Crippen LogP contribution in [0.1, 0.15) is 5.56 Å². The van der Waals surface area contributed by atoms with E-state index in [2.05, 4.69) is 15.5 Å². The van der Waals surface area contributed by atoms with E-state index in [4.69, 9.17) is 17.3 Å². The van der Waals surface area contributed by atoms with Gasteiger partial charge in [-0.15, -0.1) is 0 Å². The molecule has 6 heteroatoms. The number of benzene rings is 2. The van der Waals surface area contributed by atoms with E-state index < -0.39 is 0 Å². The number of nitrogens with one attached hydrogen (secondary N) is 2. The summed E-state index contributed by atoms with van der Waals surface area (Å²) in [4.78, 5) is 13.5. The average molecular weight is 331 g/mol. The van der Waals surface area contributed by atoms with Crippen LogP contribution < -0.4 is 21.3 Å². The van der Waals surface area contributed by atoms with Crippen LogP contribution in [-0.4, -0.2) is 26.0 Å². The molecule has 0 aromatic heterocycles. The van der Waals surface area contributed by atoms with Gasteiger partial charge < -0.3 is 21.3 Å². The van der Waals surface area contributed by atoms with Crippen LogP contribution in [0.25, 0.3) is 0 Å². The van der Waals surface area contributed by atoms with Gasteiger partial charge in [-0.1, -0.05) is 29.8 Å². The van der Waals surface area contributed by atoms with Gasteiger partial charge in [0.05, 0.1) is 29.3 Å². The number of nitrogen functional groups attached to an aromatic ring is 1. The number of nitrogens with zero attached hydrogens (tertiary/aromatic N) is 1. The molecular formula is C17H19ClN4O. The van der Waals surface area contributed by atoms with Crippen molar-refractivity contribution in [1.82, 2.24) is 0 Å². The Kier molecular flexibility index (Phi) is 4.30. The van der Waals surface area contributed by atoms with E-state index in [0.717, 1.165) is 40.6 Å². The molecule has 2 aromatic carbocycles. The molecule has 0 spiro atoms. The molecule has 0 saturated heterocycles. The number of nitrogens with two attached hydrogens (primary N) is 1. The molecule has 1 aliphatic heterocycles. The Morgan fingerprint density at radius 3 is 2.83 bits per heavy atom. The maximum Gasteiger partial charge on any atom is 0.243 e. The lowest BCUT2D eigenvalue weighted by molar-refractivity contribution is -0.114. The van der Waals surface area contributed by atoms with Gasteiger partial charge in [0.15, 0.2) is 0 Å². The second-order valence-electron chi connectivity index (χ2n) is 5.62. The van der Waals surface area contributed by atoms with Crippen LogP contribution in [0.4, 0.5) is 22.7 Å². The molecule has 1 aliphatic rings. The summed E-state index contributed by atoms with van der Waals surface area (Å²) in [6.07, 6.45) is 0.830. The lowest BCUT2D eigenvalue weighted by Gasteiger charge is -2.25. The van der Waals surface area contributed by atoms with Crippen molar-refractivity contribution in [3.05, 3.63) is 47.0 Å². The highest BCUT2D eigenvalue weighted by molar-refractivity contribution is 6.31. The van der Waals surface area contributed by atoms with Gasteiger partial charge in [0.1, 0.15) is 0 Å². The largest absolute Gasteiger partial charge is 0.397 e. The first kappa shape index (κ1) is 15.5. The number of hydrogen-bond donors (Lipinski definition) is 3. The zero-order valence-corrected chi connectivity index (χ0v) is 13.7. The summed E-state index contributed by atoms with van der Waals surface area (Å²) in [5.74, 6) is -0.0586. The highest BCUT2D eigenvalue weighted by Gasteiger charge is 2.17. The third-order valence-electron chi connectivity index (χ3n) is 3.97. The van der Waals surface area contributed by atoms with Gasteiger partial charge in [-0.2, -0.15) is 0 Å². The Morgan fingerprint density at radius 2 is 2.04 bits per heavy atom. The Balaban J connectivity index is 1.76. The molecule has 0 atom stereocenters. The van der Waals surface area contributed by atoms with Crippen molar-refractivity contribution in [2.75, 3.05) is 41.4 Å². The molecule has 5 nitrogen and oxygen atoms in total. The van der Waals surface area contributed by atoms with Crippen molar-refractivity contribution in [2.24, 2.45) is 0 Å². The fraction of sp³-hybridized carbons (Fsp3) is 0.235. The summed E-state index contributed by atoms with van der Waals surface area (Å²) in [5, 5.41) is 6.70. The maximum atomic E-state index is 11.4. The van der Waals surface area contributed by atoms with Crippen LogP contribution >= 0.6 is 11.6 Å². The number of hydrogen-bond acceptors (Lipinski definition) is 4. The molecule has 0 fully saturated rings. The standard InChI is InChI=1S/C17H19ClN4O/c1-22(7-6-11-4-2-3-5-12(11)18)16-9-14-15(8-13(16)19)21-17(23)10-20-14/h2-5,8-9,20H,6-7,10,19H2,1H3,(H,21,23). The predicted molar refractivity (Wildman–Crippen MR) is 96.4 cm³/mol. The first-order valence-corrected chi connectivity index (χ1v) is 7.84. The molecule has 1 amide bonds. The molecule has 0 unspecified atom stereocenters. The van der Waals surface area contributed by atoms with Crippen molar-refractivity contribution >= 4 is 40.3 Å². The smallest absolute Gasteiger partial charge is 0.243 e. The fourth-order valence-electron chi connectivity index (χ4n) is 2.66. The van der Waals surface area contributed by atoms with Crippen LogP contribution in [0.5, 0.6) is 0 Å². The number of anilines is 4. The molecule has 0 saturated carbocycles. The minimum absolute atomic E-state index is 0.0586. The Bertz CT molecular complexity index is 747. The zero-order chi connectivity index (χ0) is 16.4. The third kappa shape index (κ3) is 3.35. The van der Waals surface area contributed by atoms with Gasteiger partial charge in [-0.25, -0.2) is 0 Å². The van der Waals surface area contributed by atoms with Gasteiger partial charge in [0.25, 0.3) is 0 Å². The predicted octanol–water partition coefficient (Wildman–Crippen LogP) is 2.97. The highest BCUT2D eigenvalue weighted by Crippen LogP contribution is 2.34. The summed E-state index contributed by atoms with van der Waals surface area (Å²) in [7, 11) is 2.00. The van der Waals surface area contributed by atoms with Crippen LogP contribution in [0.15, 0.2) is 36.4 Å². The van der Waals surface area contributed by atoms with Crippen LogP contribution in [0, 0.1) is 0 Å². The second kappa shape index (κ2) is 6.38. The van der Waals surface area contributed by atoms with E-state index in [1.54, 1.807) is 6.07 Å². The number of fused-ring (bicyclic) bond motifs is 1. The number of carbonyl (C=O) groups is 1. The monoisotopic (exact) mass is 330 g/mol. The summed E-state index contributed by atoms with van der Waals surface area (Å²) < 4.78 is 0. The van der Waals surface area contributed by atoms with Crippen LogP contribution in [0.2, 0.25) is 5.02 Å². The molecule has 23 heavy (non-hydrogen) atoms. The summed E-state index contributed by atoms with van der Waals surface area (Å²) in [5.41, 5.74) is 10.4. The third-order valence-corrected chi connectivity index (χ3v) is 4.33. The van der Waals surface area contributed by atoms with Gasteiger partial charge in [-0.05, 0) is 30.2 Å². The topological polar surface area (TPSA) is 70.4 Å². The van der Waals surface area contributed by atoms with E-state index in [1.165, 1.54) is 0 Å². The number of rotatable bonds is 4. The van der Waals surface area contributed by atoms with Gasteiger partial charge in [-0.3, -0.25) is 4.79 Å². The first-order chi connectivity index (χ1) is 11.0. The zero-order valence-electron chi connectivity index (χ0n) is 12.9. The van der Waals surface area contributed by atoms with Gasteiger partial charge in [0.2, 0.25) is 5.91 Å². The first-order valence-electron chi connectivity index (χ1n) is 7.46. The van der Waals surface area contributed by atoms with E-state index in [1.807, 2.05) is 37.4 Å². The average Bonchev–Trinajstić information content (AvgIpc) is 2.53. The fourth-order valence-corrected chi connectivity index (χ4v) is 2.90. The van der Waals surface area contributed by atoms with Crippen LogP contribution in [-0.2, 0) is 11.2 Å². The van der Waals surface area contributed by atoms with Gasteiger partial charge in [0, 0.05) is 18.6 Å². The van der Waals surface area contributed by atoms with E-state index in [0.29, 0.717) is 5.69 Å². The van der Waals surface area contributed by atoms with Crippen molar-refractivity contribution in [1.29, 1.82) is 0 Å². The number of halogens is 1. The van der Waals surface area contributed by atoms with E-state index in [-0.39, 0.29) is 12.5 Å². The van der Waals surface area contributed by atoms with Crippen molar-refractivity contribution in [3.8, 4) is 0 Å². The normalized spacial score (nSPS) is 13.0. The molecule has 2 aromatic rings.